The normalized spacial score (nSPS) is 10.4. The van der Waals surface area contributed by atoms with Gasteiger partial charge in [-0.3, -0.25) is 9.59 Å². The first-order valence-corrected chi connectivity index (χ1v) is 7.97. The van der Waals surface area contributed by atoms with Crippen molar-refractivity contribution in [2.45, 2.75) is 6.42 Å². The van der Waals surface area contributed by atoms with E-state index < -0.39 is 5.91 Å². The highest BCUT2D eigenvalue weighted by molar-refractivity contribution is 5.87. The number of methoxy groups -OCH3 is 2. The number of para-hydroxylation sites is 1. The molecule has 7 nitrogen and oxygen atoms in total. The lowest BCUT2D eigenvalue weighted by Crippen LogP contribution is -2.35. The Kier molecular flexibility index (Phi) is 7.17. The van der Waals surface area contributed by atoms with E-state index in [9.17, 15) is 9.59 Å². The molecule has 0 unspecified atom stereocenters. The van der Waals surface area contributed by atoms with Crippen LogP contribution in [0.2, 0.25) is 0 Å². The maximum absolute atomic E-state index is 11.9. The van der Waals surface area contributed by atoms with Crippen LogP contribution < -0.4 is 20.2 Å². The average molecular weight is 355 g/mol. The first-order valence-electron chi connectivity index (χ1n) is 7.97. The van der Waals surface area contributed by atoms with Crippen LogP contribution in [-0.2, 0) is 16.0 Å². The molecule has 7 heteroatoms. The molecule has 136 valence electrons. The van der Waals surface area contributed by atoms with Gasteiger partial charge < -0.3 is 14.8 Å². The number of amides is 2. The van der Waals surface area contributed by atoms with E-state index in [2.05, 4.69) is 15.8 Å². The first-order chi connectivity index (χ1) is 12.6. The maximum atomic E-state index is 11.9. The number of carbonyl (C=O) groups excluding carboxylic acids is 2. The molecule has 0 fully saturated rings. The second-order valence-electron chi connectivity index (χ2n) is 5.34. The van der Waals surface area contributed by atoms with E-state index in [0.717, 1.165) is 16.9 Å². The summed E-state index contributed by atoms with van der Waals surface area (Å²) in [6.45, 7) is -0.155. The molecule has 2 aromatic rings. The molecule has 2 aromatic carbocycles. The molecule has 2 N–H and O–H groups in total. The second-order valence-corrected chi connectivity index (χ2v) is 5.34. The molecule has 2 amide bonds. The predicted octanol–water partition coefficient (Wildman–Crippen LogP) is 1.51. The van der Waals surface area contributed by atoms with Crippen LogP contribution in [0.4, 0.5) is 0 Å². The van der Waals surface area contributed by atoms with Crippen molar-refractivity contribution in [3.8, 4) is 11.5 Å². The Hall–Kier alpha value is -3.35. The first kappa shape index (κ1) is 19.0. The van der Waals surface area contributed by atoms with Crippen molar-refractivity contribution >= 4 is 18.0 Å². The Labute approximate surface area is 152 Å². The van der Waals surface area contributed by atoms with E-state index in [0.29, 0.717) is 5.75 Å². The SMILES string of the molecule is COc1ccc(CC(=O)NCC(=O)N/N=C\c2ccccc2OC)cc1. The summed E-state index contributed by atoms with van der Waals surface area (Å²) in [5.74, 6) is 0.706. The molecule has 2 rings (SSSR count). The third-order valence-electron chi connectivity index (χ3n) is 3.50. The van der Waals surface area contributed by atoms with Crippen molar-refractivity contribution in [1.29, 1.82) is 0 Å². The molecule has 0 heterocycles. The van der Waals surface area contributed by atoms with Crippen molar-refractivity contribution in [1.82, 2.24) is 10.7 Å². The largest absolute Gasteiger partial charge is 0.497 e. The molecule has 0 saturated carbocycles. The van der Waals surface area contributed by atoms with Gasteiger partial charge in [0.1, 0.15) is 11.5 Å². The number of nitrogens with one attached hydrogen (secondary N) is 2. The van der Waals surface area contributed by atoms with Crippen LogP contribution in [0.15, 0.2) is 53.6 Å². The minimum atomic E-state index is -0.417. The van der Waals surface area contributed by atoms with Gasteiger partial charge in [0, 0.05) is 5.56 Å². The number of carbonyl (C=O) groups is 2. The summed E-state index contributed by atoms with van der Waals surface area (Å²) in [6.07, 6.45) is 1.66. The number of hydrogen-bond donors (Lipinski definition) is 2. The average Bonchev–Trinajstić information content (AvgIpc) is 2.67. The van der Waals surface area contributed by atoms with E-state index in [1.165, 1.54) is 6.21 Å². The Balaban J connectivity index is 1.75. The minimum Gasteiger partial charge on any atom is -0.497 e. The fourth-order valence-corrected chi connectivity index (χ4v) is 2.16. The summed E-state index contributed by atoms with van der Waals surface area (Å²) in [7, 11) is 3.14. The van der Waals surface area contributed by atoms with E-state index in [1.54, 1.807) is 44.6 Å². The van der Waals surface area contributed by atoms with E-state index in [-0.39, 0.29) is 18.9 Å². The molecular weight excluding hydrogens is 334 g/mol. The molecule has 0 bridgehead atoms. The summed E-state index contributed by atoms with van der Waals surface area (Å²) in [4.78, 5) is 23.6. The van der Waals surface area contributed by atoms with Gasteiger partial charge in [-0.2, -0.15) is 5.10 Å². The van der Waals surface area contributed by atoms with Crippen LogP contribution in [0.5, 0.6) is 11.5 Å². The highest BCUT2D eigenvalue weighted by Gasteiger charge is 2.06. The summed E-state index contributed by atoms with van der Waals surface area (Å²) in [5.41, 5.74) is 3.93. The maximum Gasteiger partial charge on any atom is 0.259 e. The molecule has 0 radical (unpaired) electrons. The van der Waals surface area contributed by atoms with E-state index >= 15 is 0 Å². The van der Waals surface area contributed by atoms with Gasteiger partial charge in [0.25, 0.3) is 5.91 Å². The lowest BCUT2D eigenvalue weighted by atomic mass is 10.1. The van der Waals surface area contributed by atoms with Crippen LogP contribution in [0.1, 0.15) is 11.1 Å². The molecule has 0 aromatic heterocycles. The number of rotatable bonds is 8. The molecule has 0 aliphatic carbocycles. The number of hydrogen-bond acceptors (Lipinski definition) is 5. The highest BCUT2D eigenvalue weighted by atomic mass is 16.5. The van der Waals surface area contributed by atoms with Gasteiger partial charge in [-0.15, -0.1) is 0 Å². The van der Waals surface area contributed by atoms with Gasteiger partial charge in [0.15, 0.2) is 0 Å². The third-order valence-corrected chi connectivity index (χ3v) is 3.50. The third kappa shape index (κ3) is 5.94. The standard InChI is InChI=1S/C19H21N3O4/c1-25-16-9-7-14(8-10-16)11-18(23)20-13-19(24)22-21-12-15-5-3-4-6-17(15)26-2/h3-10,12H,11,13H2,1-2H3,(H,20,23)(H,22,24)/b21-12-. The van der Waals surface area contributed by atoms with Crippen LogP contribution in [0, 0.1) is 0 Å². The molecule has 26 heavy (non-hydrogen) atoms. The number of hydrazone groups is 1. The van der Waals surface area contributed by atoms with Crippen molar-refractivity contribution in [2.75, 3.05) is 20.8 Å². The quantitative estimate of drug-likeness (QED) is 0.555. The Morgan fingerprint density at radius 3 is 2.42 bits per heavy atom. The molecule has 0 aliphatic heterocycles. The van der Waals surface area contributed by atoms with Crippen LogP contribution >= 0.6 is 0 Å². The summed E-state index contributed by atoms with van der Waals surface area (Å²) in [6, 6.07) is 14.4. The fourth-order valence-electron chi connectivity index (χ4n) is 2.16. The fraction of sp³-hybridized carbons (Fsp3) is 0.211. The molecule has 0 saturated heterocycles. The zero-order valence-electron chi connectivity index (χ0n) is 14.7. The summed E-state index contributed by atoms with van der Waals surface area (Å²) in [5, 5.41) is 6.41. The zero-order chi connectivity index (χ0) is 18.8. The van der Waals surface area contributed by atoms with E-state index in [1.807, 2.05) is 18.2 Å². The predicted molar refractivity (Wildman–Crippen MR) is 98.4 cm³/mol. The van der Waals surface area contributed by atoms with Crippen LogP contribution in [0.25, 0.3) is 0 Å². The van der Waals surface area contributed by atoms with Gasteiger partial charge in [0.05, 0.1) is 33.4 Å². The monoisotopic (exact) mass is 355 g/mol. The van der Waals surface area contributed by atoms with Gasteiger partial charge in [-0.05, 0) is 29.8 Å². The number of ether oxygens (including phenoxy) is 2. The number of nitrogens with zero attached hydrogens (tertiary/aromatic N) is 1. The molecule has 0 spiro atoms. The second kappa shape index (κ2) is 9.83. The van der Waals surface area contributed by atoms with Gasteiger partial charge in [-0.25, -0.2) is 5.43 Å². The van der Waals surface area contributed by atoms with Crippen molar-refractivity contribution < 1.29 is 19.1 Å². The smallest absolute Gasteiger partial charge is 0.259 e. The lowest BCUT2D eigenvalue weighted by Gasteiger charge is -2.06. The highest BCUT2D eigenvalue weighted by Crippen LogP contribution is 2.14. The van der Waals surface area contributed by atoms with Crippen LogP contribution in [0.3, 0.4) is 0 Å². The molecule has 0 aliphatic rings. The van der Waals surface area contributed by atoms with E-state index in [4.69, 9.17) is 9.47 Å². The minimum absolute atomic E-state index is 0.155. The Morgan fingerprint density at radius 1 is 1.00 bits per heavy atom. The van der Waals surface area contributed by atoms with Gasteiger partial charge in [-0.1, -0.05) is 24.3 Å². The molecular formula is C19H21N3O4. The number of benzene rings is 2. The molecule has 0 atom stereocenters. The van der Waals surface area contributed by atoms with Gasteiger partial charge in [0.2, 0.25) is 5.91 Å². The Morgan fingerprint density at radius 2 is 1.73 bits per heavy atom. The van der Waals surface area contributed by atoms with Crippen molar-refractivity contribution in [2.24, 2.45) is 5.10 Å². The lowest BCUT2D eigenvalue weighted by molar-refractivity contribution is -0.125. The summed E-state index contributed by atoms with van der Waals surface area (Å²) < 4.78 is 10.2. The zero-order valence-corrected chi connectivity index (χ0v) is 14.7. The summed E-state index contributed by atoms with van der Waals surface area (Å²) >= 11 is 0. The van der Waals surface area contributed by atoms with Gasteiger partial charge >= 0.3 is 0 Å². The topological polar surface area (TPSA) is 89.0 Å². The van der Waals surface area contributed by atoms with Crippen molar-refractivity contribution in [3.05, 3.63) is 59.7 Å². The Bertz CT molecular complexity index is 773. The van der Waals surface area contributed by atoms with Crippen molar-refractivity contribution in [3.63, 3.8) is 0 Å². The van der Waals surface area contributed by atoms with Crippen LogP contribution in [-0.4, -0.2) is 38.8 Å².